The minimum atomic E-state index is -4.48. The molecule has 1 saturated heterocycles. The van der Waals surface area contributed by atoms with Crippen LogP contribution in [0.2, 0.25) is 0 Å². The van der Waals surface area contributed by atoms with Crippen molar-refractivity contribution in [1.29, 1.82) is 0 Å². The topological polar surface area (TPSA) is 51.1 Å². The SMILES string of the molecule is ONC=Nc1ccc(N2CCN(c3ccccc3)CC2)c(C(F)(F)F)c1. The quantitative estimate of drug-likeness (QED) is 0.494. The highest BCUT2D eigenvalue weighted by atomic mass is 19.4. The van der Waals surface area contributed by atoms with E-state index in [-0.39, 0.29) is 11.4 Å². The number of nitrogens with zero attached hydrogens (tertiary/aromatic N) is 3. The van der Waals surface area contributed by atoms with Crippen LogP contribution in [0.3, 0.4) is 0 Å². The minimum absolute atomic E-state index is 0.116. The molecule has 2 aromatic carbocycles. The van der Waals surface area contributed by atoms with Crippen molar-refractivity contribution in [1.82, 2.24) is 5.48 Å². The molecule has 2 N–H and O–H groups in total. The van der Waals surface area contributed by atoms with Gasteiger partial charge in [0, 0.05) is 37.6 Å². The fourth-order valence-electron chi connectivity index (χ4n) is 3.05. The number of para-hydroxylation sites is 1. The molecular weight excluding hydrogens is 345 g/mol. The van der Waals surface area contributed by atoms with Crippen molar-refractivity contribution in [2.75, 3.05) is 36.0 Å². The lowest BCUT2D eigenvalue weighted by Crippen LogP contribution is -2.47. The Hall–Kier alpha value is -2.74. The van der Waals surface area contributed by atoms with E-state index in [1.165, 1.54) is 12.1 Å². The number of alkyl halides is 3. The van der Waals surface area contributed by atoms with E-state index in [1.807, 2.05) is 30.3 Å². The Balaban J connectivity index is 1.80. The maximum Gasteiger partial charge on any atom is 0.418 e. The zero-order valence-electron chi connectivity index (χ0n) is 13.9. The molecule has 0 radical (unpaired) electrons. The first-order valence-electron chi connectivity index (χ1n) is 8.17. The Morgan fingerprint density at radius 2 is 1.62 bits per heavy atom. The van der Waals surface area contributed by atoms with Crippen LogP contribution < -0.4 is 15.3 Å². The van der Waals surface area contributed by atoms with Crippen molar-refractivity contribution in [3.05, 3.63) is 54.1 Å². The average Bonchev–Trinajstić information content (AvgIpc) is 2.66. The molecule has 0 saturated carbocycles. The van der Waals surface area contributed by atoms with Gasteiger partial charge in [-0.1, -0.05) is 18.2 Å². The Bertz CT molecular complexity index is 757. The van der Waals surface area contributed by atoms with Crippen LogP contribution in [0.25, 0.3) is 0 Å². The Morgan fingerprint density at radius 3 is 2.23 bits per heavy atom. The molecule has 1 aliphatic rings. The van der Waals surface area contributed by atoms with Crippen LogP contribution in [0.1, 0.15) is 5.56 Å². The lowest BCUT2D eigenvalue weighted by atomic mass is 10.1. The van der Waals surface area contributed by atoms with Crippen LogP contribution in [0.5, 0.6) is 0 Å². The van der Waals surface area contributed by atoms with E-state index < -0.39 is 11.7 Å². The number of halogens is 3. The van der Waals surface area contributed by atoms with E-state index in [4.69, 9.17) is 5.21 Å². The van der Waals surface area contributed by atoms with E-state index in [1.54, 1.807) is 10.4 Å². The monoisotopic (exact) mass is 364 g/mol. The Morgan fingerprint density at radius 1 is 0.962 bits per heavy atom. The summed E-state index contributed by atoms with van der Waals surface area (Å²) in [6.07, 6.45) is -3.56. The molecule has 0 spiro atoms. The van der Waals surface area contributed by atoms with Gasteiger partial charge in [-0.15, -0.1) is 0 Å². The van der Waals surface area contributed by atoms with Crippen LogP contribution in [-0.4, -0.2) is 37.7 Å². The van der Waals surface area contributed by atoms with Gasteiger partial charge in [0.25, 0.3) is 0 Å². The highest BCUT2D eigenvalue weighted by molar-refractivity contribution is 5.65. The van der Waals surface area contributed by atoms with Crippen LogP contribution in [0, 0.1) is 0 Å². The molecule has 8 heteroatoms. The molecule has 3 rings (SSSR count). The first kappa shape index (κ1) is 18.1. The van der Waals surface area contributed by atoms with Crippen LogP contribution in [0.15, 0.2) is 53.5 Å². The number of hydroxylamine groups is 1. The second-order valence-corrected chi connectivity index (χ2v) is 5.90. The molecule has 0 amide bonds. The van der Waals surface area contributed by atoms with Gasteiger partial charge in [0.15, 0.2) is 0 Å². The van der Waals surface area contributed by atoms with E-state index in [9.17, 15) is 13.2 Å². The van der Waals surface area contributed by atoms with Gasteiger partial charge < -0.3 is 9.80 Å². The van der Waals surface area contributed by atoms with Gasteiger partial charge >= 0.3 is 6.18 Å². The summed E-state index contributed by atoms with van der Waals surface area (Å²) < 4.78 is 40.5. The van der Waals surface area contributed by atoms with E-state index >= 15 is 0 Å². The molecule has 0 aliphatic carbocycles. The summed E-state index contributed by atoms with van der Waals surface area (Å²) in [5.41, 5.74) is 2.30. The fraction of sp³-hybridized carbons (Fsp3) is 0.278. The molecular formula is C18H19F3N4O. The number of hydrogen-bond donors (Lipinski definition) is 2. The molecule has 1 heterocycles. The van der Waals surface area contributed by atoms with E-state index in [0.717, 1.165) is 18.1 Å². The number of rotatable bonds is 4. The first-order chi connectivity index (χ1) is 12.5. The highest BCUT2D eigenvalue weighted by Gasteiger charge is 2.35. The summed E-state index contributed by atoms with van der Waals surface area (Å²) in [6.45, 7) is 2.29. The summed E-state index contributed by atoms with van der Waals surface area (Å²) in [5, 5.41) is 8.50. The van der Waals surface area contributed by atoms with Crippen molar-refractivity contribution >= 4 is 23.4 Å². The molecule has 0 bridgehead atoms. The summed E-state index contributed by atoms with van der Waals surface area (Å²) in [4.78, 5) is 7.64. The standard InChI is InChI=1S/C18H19F3N4O/c19-18(20,21)16-12-14(22-13-23-26)6-7-17(16)25-10-8-24(9-11-25)15-4-2-1-3-5-15/h1-7,12-13,26H,8-11H2,(H,22,23). The molecule has 138 valence electrons. The van der Waals surface area contributed by atoms with Gasteiger partial charge in [-0.25, -0.2) is 4.99 Å². The predicted molar refractivity (Wildman–Crippen MR) is 95.4 cm³/mol. The van der Waals surface area contributed by atoms with Gasteiger partial charge in [-0.3, -0.25) is 10.7 Å². The van der Waals surface area contributed by atoms with Gasteiger partial charge in [-0.05, 0) is 30.3 Å². The van der Waals surface area contributed by atoms with E-state index in [2.05, 4.69) is 9.89 Å². The lowest BCUT2D eigenvalue weighted by molar-refractivity contribution is -0.137. The highest BCUT2D eigenvalue weighted by Crippen LogP contribution is 2.39. The van der Waals surface area contributed by atoms with Gasteiger partial charge in [0.2, 0.25) is 0 Å². The fourth-order valence-corrected chi connectivity index (χ4v) is 3.05. The summed E-state index contributed by atoms with van der Waals surface area (Å²) in [7, 11) is 0. The number of nitrogens with one attached hydrogen (secondary N) is 1. The lowest BCUT2D eigenvalue weighted by Gasteiger charge is -2.38. The molecule has 2 aromatic rings. The molecule has 0 unspecified atom stereocenters. The number of anilines is 2. The van der Waals surface area contributed by atoms with Gasteiger partial charge in [0.1, 0.15) is 6.34 Å². The summed E-state index contributed by atoms with van der Waals surface area (Å²) in [6, 6.07) is 13.8. The zero-order chi connectivity index (χ0) is 18.6. The smallest absolute Gasteiger partial charge is 0.368 e. The average molecular weight is 364 g/mol. The van der Waals surface area contributed by atoms with Crippen LogP contribution in [0.4, 0.5) is 30.2 Å². The molecule has 0 aromatic heterocycles. The molecule has 0 atom stereocenters. The third kappa shape index (κ3) is 4.08. The van der Waals surface area contributed by atoms with Crippen molar-refractivity contribution in [3.63, 3.8) is 0 Å². The number of aliphatic imine (C=N–C) groups is 1. The van der Waals surface area contributed by atoms with Gasteiger partial charge in [0.05, 0.1) is 11.3 Å². The van der Waals surface area contributed by atoms with Gasteiger partial charge in [-0.2, -0.15) is 13.2 Å². The largest absolute Gasteiger partial charge is 0.418 e. The number of piperazine rings is 1. The second kappa shape index (κ2) is 7.65. The Labute approximate surface area is 149 Å². The maximum absolute atomic E-state index is 13.5. The normalized spacial score (nSPS) is 15.5. The van der Waals surface area contributed by atoms with Crippen LogP contribution >= 0.6 is 0 Å². The number of benzene rings is 2. The molecule has 1 fully saturated rings. The van der Waals surface area contributed by atoms with Crippen molar-refractivity contribution in [2.45, 2.75) is 6.18 Å². The second-order valence-electron chi connectivity index (χ2n) is 5.90. The third-order valence-corrected chi connectivity index (χ3v) is 4.30. The predicted octanol–water partition coefficient (Wildman–Crippen LogP) is 3.67. The zero-order valence-corrected chi connectivity index (χ0v) is 13.9. The Kier molecular flexibility index (Phi) is 5.32. The van der Waals surface area contributed by atoms with Crippen molar-refractivity contribution < 1.29 is 18.4 Å². The summed E-state index contributed by atoms with van der Waals surface area (Å²) in [5.74, 6) is 0. The number of hydrogen-bond acceptors (Lipinski definition) is 4. The first-order valence-corrected chi connectivity index (χ1v) is 8.17. The maximum atomic E-state index is 13.5. The van der Waals surface area contributed by atoms with Crippen LogP contribution in [-0.2, 0) is 6.18 Å². The van der Waals surface area contributed by atoms with Crippen molar-refractivity contribution in [2.24, 2.45) is 4.99 Å². The van der Waals surface area contributed by atoms with Crippen molar-refractivity contribution in [3.8, 4) is 0 Å². The molecule has 5 nitrogen and oxygen atoms in total. The minimum Gasteiger partial charge on any atom is -0.368 e. The third-order valence-electron chi connectivity index (χ3n) is 4.30. The molecule has 26 heavy (non-hydrogen) atoms. The summed E-state index contributed by atoms with van der Waals surface area (Å²) >= 11 is 0. The molecule has 1 aliphatic heterocycles. The van der Waals surface area contributed by atoms with E-state index in [0.29, 0.717) is 26.2 Å².